The van der Waals surface area contributed by atoms with Gasteiger partial charge in [0.2, 0.25) is 5.60 Å². The molecule has 0 fully saturated rings. The number of carbonyl (C=O) groups is 2. The first-order chi connectivity index (χ1) is 21.7. The second kappa shape index (κ2) is 17.9. The molecule has 14 heteroatoms. The monoisotopic (exact) mass is 657 g/mol. The Hall–Kier alpha value is -4.46. The van der Waals surface area contributed by atoms with E-state index in [-0.39, 0.29) is 39.6 Å². The van der Waals surface area contributed by atoms with Crippen molar-refractivity contribution in [2.45, 2.75) is 52.3 Å². The fourth-order valence-electron chi connectivity index (χ4n) is 3.92. The van der Waals surface area contributed by atoms with E-state index < -0.39 is 60.8 Å². The van der Waals surface area contributed by atoms with Crippen LogP contribution in [0.15, 0.2) is 48.5 Å². The molecule has 9 nitrogen and oxygen atoms in total. The van der Waals surface area contributed by atoms with Crippen LogP contribution in [0.4, 0.5) is 22.0 Å². The Morgan fingerprint density at radius 1 is 0.957 bits per heavy atom. The van der Waals surface area contributed by atoms with Crippen LogP contribution >= 0.6 is 0 Å². The van der Waals surface area contributed by atoms with Gasteiger partial charge in [0.25, 0.3) is 11.8 Å². The molecule has 0 saturated heterocycles. The summed E-state index contributed by atoms with van der Waals surface area (Å²) in [7, 11) is 2.48. The van der Waals surface area contributed by atoms with Gasteiger partial charge in [0.05, 0.1) is 33.1 Å². The first-order valence-corrected chi connectivity index (χ1v) is 14.3. The Morgan fingerprint density at radius 3 is 2.11 bits per heavy atom. The van der Waals surface area contributed by atoms with Gasteiger partial charge in [0.15, 0.2) is 18.1 Å². The number of aromatic nitrogens is 1. The van der Waals surface area contributed by atoms with Gasteiger partial charge in [-0.2, -0.15) is 13.2 Å². The molecule has 0 aliphatic rings. The molecular weight excluding hydrogens is 617 g/mol. The van der Waals surface area contributed by atoms with Crippen LogP contribution in [-0.2, 0) is 10.4 Å². The van der Waals surface area contributed by atoms with Crippen LogP contribution in [0.25, 0.3) is 11.3 Å². The molecule has 46 heavy (non-hydrogen) atoms. The van der Waals surface area contributed by atoms with Gasteiger partial charge in [-0.3, -0.25) is 14.0 Å². The maximum Gasteiger partial charge on any atom is 0.424 e. The Kier molecular flexibility index (Phi) is 15.4. The zero-order valence-corrected chi connectivity index (χ0v) is 26.7. The van der Waals surface area contributed by atoms with E-state index in [0.717, 1.165) is 24.3 Å². The third kappa shape index (κ3) is 9.52. The van der Waals surface area contributed by atoms with Crippen LogP contribution in [0.5, 0.6) is 17.2 Å². The highest BCUT2D eigenvalue weighted by molar-refractivity contribution is 5.95. The SMILES string of the molecule is CC.CC.COc1cc(C(=O)NCC(O)(c2ccc(OC)c(-c3ccc(F)c(C(C)CF)c3)n2)C(F)(F)F)ccc1OCC(N)=O. The van der Waals surface area contributed by atoms with Crippen molar-refractivity contribution in [3.8, 4) is 28.5 Å². The number of nitrogens with one attached hydrogen (secondary N) is 1. The van der Waals surface area contributed by atoms with Gasteiger partial charge in [-0.1, -0.05) is 34.6 Å². The first kappa shape index (κ1) is 39.6. The summed E-state index contributed by atoms with van der Waals surface area (Å²) < 4.78 is 86.0. The van der Waals surface area contributed by atoms with Gasteiger partial charge in [0.1, 0.15) is 17.3 Å². The zero-order chi connectivity index (χ0) is 35.2. The molecule has 0 aliphatic heterocycles. The number of nitrogens with zero attached hydrogens (tertiary/aromatic N) is 1. The minimum absolute atomic E-state index is 0.00260. The number of rotatable bonds is 12. The molecule has 0 radical (unpaired) electrons. The molecule has 3 rings (SSSR count). The van der Waals surface area contributed by atoms with Gasteiger partial charge >= 0.3 is 6.18 Å². The van der Waals surface area contributed by atoms with Crippen molar-refractivity contribution >= 4 is 11.8 Å². The highest BCUT2D eigenvalue weighted by Gasteiger charge is 2.56. The highest BCUT2D eigenvalue weighted by atomic mass is 19.4. The lowest BCUT2D eigenvalue weighted by Crippen LogP contribution is -2.51. The number of methoxy groups -OCH3 is 2. The molecule has 2 amide bonds. The van der Waals surface area contributed by atoms with Crippen molar-refractivity contribution in [2.24, 2.45) is 5.73 Å². The van der Waals surface area contributed by atoms with Crippen molar-refractivity contribution in [1.82, 2.24) is 10.3 Å². The third-order valence-electron chi connectivity index (χ3n) is 6.30. The second-order valence-corrected chi connectivity index (χ2v) is 9.20. The van der Waals surface area contributed by atoms with Gasteiger partial charge in [-0.15, -0.1) is 0 Å². The number of pyridine rings is 1. The molecular formula is C32H40F5N3O6. The molecule has 3 aromatic rings. The molecule has 2 unspecified atom stereocenters. The van der Waals surface area contributed by atoms with E-state index in [2.05, 4.69) is 10.3 Å². The van der Waals surface area contributed by atoms with E-state index in [0.29, 0.717) is 0 Å². The predicted molar refractivity (Wildman–Crippen MR) is 163 cm³/mol. The summed E-state index contributed by atoms with van der Waals surface area (Å²) in [5.41, 5.74) is 0.249. The van der Waals surface area contributed by atoms with E-state index in [1.54, 1.807) is 0 Å². The number of amides is 2. The van der Waals surface area contributed by atoms with Crippen LogP contribution in [-0.4, -0.2) is 62.1 Å². The van der Waals surface area contributed by atoms with E-state index >= 15 is 0 Å². The average molecular weight is 658 g/mol. The minimum atomic E-state index is -5.32. The average Bonchev–Trinajstić information content (AvgIpc) is 3.06. The van der Waals surface area contributed by atoms with E-state index in [4.69, 9.17) is 19.9 Å². The number of benzene rings is 2. The molecule has 1 heterocycles. The summed E-state index contributed by atoms with van der Waals surface area (Å²) in [5, 5.41) is 13.0. The fraction of sp³-hybridized carbons (Fsp3) is 0.406. The Labute approximate surface area is 264 Å². The topological polar surface area (TPSA) is 133 Å². The van der Waals surface area contributed by atoms with Crippen molar-refractivity contribution in [1.29, 1.82) is 0 Å². The lowest BCUT2D eigenvalue weighted by atomic mass is 9.95. The molecule has 0 aliphatic carbocycles. The molecule has 0 spiro atoms. The summed E-state index contributed by atoms with van der Waals surface area (Å²) in [5.74, 6) is -3.27. The summed E-state index contributed by atoms with van der Waals surface area (Å²) in [6.45, 7) is 6.73. The molecule has 0 bridgehead atoms. The molecule has 2 atom stereocenters. The van der Waals surface area contributed by atoms with E-state index in [1.165, 1.54) is 45.4 Å². The number of hydrogen-bond donors (Lipinski definition) is 3. The quantitative estimate of drug-likeness (QED) is 0.201. The summed E-state index contributed by atoms with van der Waals surface area (Å²) in [6, 6.07) is 9.13. The standard InChI is InChI=1S/C28H28F5N3O6.2C2H6/c1-15(12-29)18-10-16(4-6-19(18)30)25-21(40-2)8-9-23(36-25)27(39,28(31,32)33)14-35-26(38)17-5-7-20(22(11-17)41-3)42-13-24(34)37;2*1-2/h4-11,15,39H,12-14H2,1-3H3,(H2,34,37)(H,35,38);2*1-2H3. The van der Waals surface area contributed by atoms with Crippen LogP contribution in [0, 0.1) is 5.82 Å². The summed E-state index contributed by atoms with van der Waals surface area (Å²) in [6.07, 6.45) is -5.32. The number of primary amides is 1. The molecule has 254 valence electrons. The fourth-order valence-corrected chi connectivity index (χ4v) is 3.92. The van der Waals surface area contributed by atoms with Crippen LogP contribution in [0.3, 0.4) is 0 Å². The second-order valence-electron chi connectivity index (χ2n) is 9.20. The van der Waals surface area contributed by atoms with Gasteiger partial charge in [-0.05, 0) is 54.1 Å². The van der Waals surface area contributed by atoms with E-state index in [1.807, 2.05) is 27.7 Å². The largest absolute Gasteiger partial charge is 0.494 e. The van der Waals surface area contributed by atoms with Crippen molar-refractivity contribution in [3.05, 3.63) is 71.2 Å². The zero-order valence-electron chi connectivity index (χ0n) is 26.7. The number of nitrogens with two attached hydrogens (primary N) is 1. The van der Waals surface area contributed by atoms with Gasteiger partial charge in [0, 0.05) is 17.0 Å². The predicted octanol–water partition coefficient (Wildman–Crippen LogP) is 6.07. The maximum absolute atomic E-state index is 14.3. The van der Waals surface area contributed by atoms with Crippen LogP contribution < -0.4 is 25.3 Å². The van der Waals surface area contributed by atoms with Gasteiger partial charge < -0.3 is 30.4 Å². The Bertz CT molecular complexity index is 1450. The van der Waals surface area contributed by atoms with Crippen LogP contribution in [0.2, 0.25) is 0 Å². The Balaban J connectivity index is 0.00000254. The number of alkyl halides is 4. The first-order valence-electron chi connectivity index (χ1n) is 14.3. The summed E-state index contributed by atoms with van der Waals surface area (Å²) in [4.78, 5) is 27.7. The lowest BCUT2D eigenvalue weighted by Gasteiger charge is -2.30. The number of ether oxygens (including phenoxy) is 3. The minimum Gasteiger partial charge on any atom is -0.494 e. The van der Waals surface area contributed by atoms with Crippen LogP contribution in [0.1, 0.15) is 62.2 Å². The smallest absolute Gasteiger partial charge is 0.424 e. The highest BCUT2D eigenvalue weighted by Crippen LogP contribution is 2.40. The number of aliphatic hydroxyl groups is 1. The third-order valence-corrected chi connectivity index (χ3v) is 6.30. The van der Waals surface area contributed by atoms with Crippen molar-refractivity contribution < 1.29 is 50.9 Å². The molecule has 0 saturated carbocycles. The number of halogens is 5. The maximum atomic E-state index is 14.3. The number of carbonyl (C=O) groups excluding carboxylic acids is 2. The van der Waals surface area contributed by atoms with E-state index in [9.17, 15) is 36.6 Å². The summed E-state index contributed by atoms with van der Waals surface area (Å²) >= 11 is 0. The lowest BCUT2D eigenvalue weighted by molar-refractivity contribution is -0.265. The normalized spacial score (nSPS) is 12.6. The molecule has 1 aromatic heterocycles. The molecule has 2 aromatic carbocycles. The van der Waals surface area contributed by atoms with Gasteiger partial charge in [-0.25, -0.2) is 9.37 Å². The van der Waals surface area contributed by atoms with Crippen molar-refractivity contribution in [2.75, 3.05) is 34.0 Å². The molecule has 4 N–H and O–H groups in total. The number of hydrogen-bond acceptors (Lipinski definition) is 7. The van der Waals surface area contributed by atoms with Crippen molar-refractivity contribution in [3.63, 3.8) is 0 Å². The Morgan fingerprint density at radius 2 is 1.57 bits per heavy atom.